The SMILES string of the molecule is Cl.Cn1cc2c(OCC3CCN(CCc4ccc(N)cc4)CC3)nc3ccccc3c2c1. The summed E-state index contributed by atoms with van der Waals surface area (Å²) in [6.07, 6.45) is 7.70. The number of piperidine rings is 1. The van der Waals surface area contributed by atoms with E-state index in [9.17, 15) is 0 Å². The zero-order valence-electron chi connectivity index (χ0n) is 18.5. The number of nitrogens with two attached hydrogens (primary N) is 1. The van der Waals surface area contributed by atoms with Crippen molar-refractivity contribution in [3.63, 3.8) is 0 Å². The van der Waals surface area contributed by atoms with Crippen LogP contribution in [0.2, 0.25) is 0 Å². The van der Waals surface area contributed by atoms with Crippen LogP contribution >= 0.6 is 12.4 Å². The Morgan fingerprint density at radius 1 is 0.969 bits per heavy atom. The van der Waals surface area contributed by atoms with Crippen LogP contribution in [-0.2, 0) is 13.5 Å². The fourth-order valence-corrected chi connectivity index (χ4v) is 4.59. The first kappa shape index (κ1) is 22.4. The smallest absolute Gasteiger partial charge is 0.223 e. The Morgan fingerprint density at radius 3 is 2.47 bits per heavy atom. The lowest BCUT2D eigenvalue weighted by Crippen LogP contribution is -2.36. The number of likely N-dealkylation sites (tertiary alicyclic amines) is 1. The molecule has 0 bridgehead atoms. The number of para-hydroxylation sites is 1. The van der Waals surface area contributed by atoms with E-state index in [1.54, 1.807) is 0 Å². The lowest BCUT2D eigenvalue weighted by molar-refractivity contribution is 0.141. The van der Waals surface area contributed by atoms with Crippen molar-refractivity contribution in [1.82, 2.24) is 14.5 Å². The Bertz CT molecular complexity index is 1180. The van der Waals surface area contributed by atoms with Crippen molar-refractivity contribution in [2.75, 3.05) is 32.0 Å². The molecule has 1 fully saturated rings. The molecule has 5 rings (SSSR count). The average molecular weight is 451 g/mol. The van der Waals surface area contributed by atoms with Crippen molar-refractivity contribution < 1.29 is 4.74 Å². The van der Waals surface area contributed by atoms with E-state index >= 15 is 0 Å². The van der Waals surface area contributed by atoms with Crippen LogP contribution < -0.4 is 10.5 Å². The van der Waals surface area contributed by atoms with E-state index in [1.807, 2.05) is 18.2 Å². The molecule has 2 aromatic carbocycles. The minimum atomic E-state index is 0. The van der Waals surface area contributed by atoms with Crippen LogP contribution in [0.4, 0.5) is 5.69 Å². The van der Waals surface area contributed by atoms with Crippen molar-refractivity contribution in [2.24, 2.45) is 13.0 Å². The molecule has 0 atom stereocenters. The number of aryl methyl sites for hydroxylation is 1. The molecule has 0 saturated carbocycles. The van der Waals surface area contributed by atoms with Crippen molar-refractivity contribution in [2.45, 2.75) is 19.3 Å². The molecule has 5 nitrogen and oxygen atoms in total. The second kappa shape index (κ2) is 9.80. The lowest BCUT2D eigenvalue weighted by atomic mass is 9.97. The number of halogens is 1. The topological polar surface area (TPSA) is 56.3 Å². The van der Waals surface area contributed by atoms with Gasteiger partial charge in [-0.15, -0.1) is 12.4 Å². The number of hydrogen-bond donors (Lipinski definition) is 1. The number of aromatic nitrogens is 2. The molecule has 6 heteroatoms. The first-order chi connectivity index (χ1) is 15.2. The quantitative estimate of drug-likeness (QED) is 0.417. The van der Waals surface area contributed by atoms with Crippen LogP contribution in [0.25, 0.3) is 21.7 Å². The first-order valence-electron chi connectivity index (χ1n) is 11.2. The minimum absolute atomic E-state index is 0. The average Bonchev–Trinajstić information content (AvgIpc) is 3.20. The van der Waals surface area contributed by atoms with Gasteiger partial charge in [-0.3, -0.25) is 0 Å². The van der Waals surface area contributed by atoms with E-state index in [0.717, 1.165) is 55.1 Å². The summed E-state index contributed by atoms with van der Waals surface area (Å²) in [5.41, 5.74) is 8.96. The van der Waals surface area contributed by atoms with Crippen LogP contribution in [0.5, 0.6) is 5.88 Å². The van der Waals surface area contributed by atoms with Gasteiger partial charge in [0.1, 0.15) is 0 Å². The van der Waals surface area contributed by atoms with Crippen LogP contribution in [0.15, 0.2) is 60.9 Å². The van der Waals surface area contributed by atoms with Gasteiger partial charge in [0, 0.05) is 42.4 Å². The number of ether oxygens (including phenoxy) is 1. The zero-order valence-corrected chi connectivity index (χ0v) is 19.4. The summed E-state index contributed by atoms with van der Waals surface area (Å²) in [6, 6.07) is 16.6. The predicted octanol–water partition coefficient (Wildman–Crippen LogP) is 5.06. The fourth-order valence-electron chi connectivity index (χ4n) is 4.59. The van der Waals surface area contributed by atoms with Gasteiger partial charge in [-0.2, -0.15) is 0 Å². The van der Waals surface area contributed by atoms with Gasteiger partial charge in [-0.05, 0) is 62.0 Å². The normalized spacial score (nSPS) is 15.2. The van der Waals surface area contributed by atoms with Crippen molar-refractivity contribution in [3.8, 4) is 5.88 Å². The standard InChI is InChI=1S/C26H30N4O.ClH/c1-29-16-23-22-4-2-3-5-25(22)28-26(24(23)17-29)31-18-20-11-14-30(15-12-20)13-10-19-6-8-21(27)9-7-19;/h2-9,16-17,20H,10-15,18,27H2,1H3;1H. The van der Waals surface area contributed by atoms with E-state index in [1.165, 1.54) is 29.2 Å². The highest BCUT2D eigenvalue weighted by atomic mass is 35.5. The molecule has 1 aliphatic rings. The molecule has 1 aliphatic heterocycles. The second-order valence-corrected chi connectivity index (χ2v) is 8.77. The monoisotopic (exact) mass is 450 g/mol. The molecule has 0 radical (unpaired) electrons. The molecule has 0 spiro atoms. The molecule has 0 aliphatic carbocycles. The Morgan fingerprint density at radius 2 is 1.69 bits per heavy atom. The summed E-state index contributed by atoms with van der Waals surface area (Å²) in [7, 11) is 2.05. The first-order valence-corrected chi connectivity index (χ1v) is 11.2. The summed E-state index contributed by atoms with van der Waals surface area (Å²) < 4.78 is 8.39. The third-order valence-electron chi connectivity index (χ3n) is 6.46. The van der Waals surface area contributed by atoms with Crippen molar-refractivity contribution in [3.05, 3.63) is 66.5 Å². The van der Waals surface area contributed by atoms with Gasteiger partial charge in [-0.1, -0.05) is 30.3 Å². The summed E-state index contributed by atoms with van der Waals surface area (Å²) in [6.45, 7) is 4.11. The lowest BCUT2D eigenvalue weighted by Gasteiger charge is -2.31. The van der Waals surface area contributed by atoms with Crippen LogP contribution in [-0.4, -0.2) is 40.7 Å². The van der Waals surface area contributed by atoms with Crippen LogP contribution in [0.1, 0.15) is 18.4 Å². The number of pyridine rings is 1. The summed E-state index contributed by atoms with van der Waals surface area (Å²) in [5, 5.41) is 3.49. The number of hydrogen-bond acceptors (Lipinski definition) is 4. The highest BCUT2D eigenvalue weighted by Crippen LogP contribution is 2.32. The van der Waals surface area contributed by atoms with Gasteiger partial charge in [0.2, 0.25) is 5.88 Å². The highest BCUT2D eigenvalue weighted by molar-refractivity contribution is 6.07. The molecule has 0 unspecified atom stereocenters. The molecule has 2 N–H and O–H groups in total. The predicted molar refractivity (Wildman–Crippen MR) is 135 cm³/mol. The van der Waals surface area contributed by atoms with E-state index in [-0.39, 0.29) is 12.4 Å². The summed E-state index contributed by atoms with van der Waals surface area (Å²) >= 11 is 0. The summed E-state index contributed by atoms with van der Waals surface area (Å²) in [5.74, 6) is 1.35. The summed E-state index contributed by atoms with van der Waals surface area (Å²) in [4.78, 5) is 7.40. The zero-order chi connectivity index (χ0) is 21.2. The number of benzene rings is 2. The molecule has 4 aromatic rings. The van der Waals surface area contributed by atoms with Gasteiger partial charge in [0.05, 0.1) is 17.5 Å². The number of rotatable bonds is 6. The maximum atomic E-state index is 6.30. The van der Waals surface area contributed by atoms with Crippen LogP contribution in [0.3, 0.4) is 0 Å². The third kappa shape index (κ3) is 4.84. The number of anilines is 1. The minimum Gasteiger partial charge on any atom is -0.477 e. The number of fused-ring (bicyclic) bond motifs is 3. The highest BCUT2D eigenvalue weighted by Gasteiger charge is 2.20. The van der Waals surface area contributed by atoms with Gasteiger partial charge in [0.25, 0.3) is 0 Å². The molecular weight excluding hydrogens is 420 g/mol. The molecule has 32 heavy (non-hydrogen) atoms. The maximum Gasteiger partial charge on any atom is 0.223 e. The molecule has 2 aromatic heterocycles. The molecule has 3 heterocycles. The van der Waals surface area contributed by atoms with Crippen molar-refractivity contribution in [1.29, 1.82) is 0 Å². The molecule has 0 amide bonds. The molecule has 1 saturated heterocycles. The van der Waals surface area contributed by atoms with E-state index < -0.39 is 0 Å². The number of nitrogen functional groups attached to an aromatic ring is 1. The second-order valence-electron chi connectivity index (χ2n) is 8.77. The Hall–Kier alpha value is -2.76. The fraction of sp³-hybridized carbons (Fsp3) is 0.346. The Labute approximate surface area is 195 Å². The largest absolute Gasteiger partial charge is 0.477 e. The Kier molecular flexibility index (Phi) is 6.87. The maximum absolute atomic E-state index is 6.30. The Balaban J connectivity index is 0.00000245. The van der Waals surface area contributed by atoms with Gasteiger partial charge < -0.3 is 19.9 Å². The molecule has 168 valence electrons. The third-order valence-corrected chi connectivity index (χ3v) is 6.46. The van der Waals surface area contributed by atoms with E-state index in [0.29, 0.717) is 5.92 Å². The number of nitrogens with zero attached hydrogens (tertiary/aromatic N) is 3. The van der Waals surface area contributed by atoms with E-state index in [2.05, 4.69) is 59.2 Å². The van der Waals surface area contributed by atoms with Gasteiger partial charge in [-0.25, -0.2) is 4.98 Å². The van der Waals surface area contributed by atoms with Crippen molar-refractivity contribution >= 4 is 39.8 Å². The van der Waals surface area contributed by atoms with Gasteiger partial charge in [0.15, 0.2) is 0 Å². The van der Waals surface area contributed by atoms with Crippen LogP contribution in [0, 0.1) is 5.92 Å². The molecular formula is C26H31ClN4O. The van der Waals surface area contributed by atoms with E-state index in [4.69, 9.17) is 15.5 Å². The van der Waals surface area contributed by atoms with Gasteiger partial charge >= 0.3 is 0 Å².